The van der Waals surface area contributed by atoms with Gasteiger partial charge in [-0.2, -0.15) is 12.8 Å². The van der Waals surface area contributed by atoms with Gasteiger partial charge in [-0.05, 0) is 83.8 Å². The first-order valence-electron chi connectivity index (χ1n) is 30.9. The van der Waals surface area contributed by atoms with Crippen molar-refractivity contribution >= 4 is 35.3 Å². The normalized spacial score (nSPS) is 10.4. The third-order valence-electron chi connectivity index (χ3n) is 10.2. The van der Waals surface area contributed by atoms with Crippen molar-refractivity contribution in [2.75, 3.05) is 99.9 Å². The van der Waals surface area contributed by atoms with Gasteiger partial charge in [0.15, 0.2) is 0 Å². The predicted molar refractivity (Wildman–Crippen MR) is 344 cm³/mol. The average Bonchev–Trinajstić information content (AvgIpc) is 3.49. The summed E-state index contributed by atoms with van der Waals surface area (Å²) in [6.07, 6.45) is 20.9. The topological polar surface area (TPSA) is 218 Å². The molecule has 0 aromatic heterocycles. The minimum atomic E-state index is -0.101. The second-order valence-electron chi connectivity index (χ2n) is 17.8. The van der Waals surface area contributed by atoms with Crippen LogP contribution in [0.1, 0.15) is 236 Å². The van der Waals surface area contributed by atoms with Crippen molar-refractivity contribution < 1.29 is 123 Å². The number of hydrogen-bond acceptors (Lipinski definition) is 12. The van der Waals surface area contributed by atoms with E-state index in [9.17, 15) is 28.8 Å². The summed E-state index contributed by atoms with van der Waals surface area (Å²) in [6.45, 7) is 37.6. The van der Waals surface area contributed by atoms with Crippen molar-refractivity contribution in [1.82, 2.24) is 26.6 Å². The maximum Gasteiger partial charge on any atom is 0.251 e. The Balaban J connectivity index is -0.0000000977. The summed E-state index contributed by atoms with van der Waals surface area (Å²) in [5, 5.41) is 13.5. The number of benzene rings is 1. The van der Waals surface area contributed by atoms with Crippen LogP contribution >= 0.6 is 0 Å². The number of carbonyl (C=O) groups is 6. The number of Topliss-reactive ketones (excluding diaryl/α,β-unsaturated/α-hetero) is 1. The molecule has 1 aliphatic carbocycles. The van der Waals surface area contributed by atoms with Gasteiger partial charge in [0.05, 0.1) is 6.61 Å². The third kappa shape index (κ3) is 102. The molecule has 0 saturated heterocycles. The molecule has 0 spiro atoms. The second kappa shape index (κ2) is 97.5. The molecule has 0 heterocycles. The van der Waals surface area contributed by atoms with Crippen molar-refractivity contribution in [3.05, 3.63) is 56.3 Å². The zero-order valence-electron chi connectivity index (χ0n) is 55.6. The van der Waals surface area contributed by atoms with Crippen LogP contribution in [-0.4, -0.2) is 141 Å². The summed E-state index contributed by atoms with van der Waals surface area (Å²) >= 11 is 0. The van der Waals surface area contributed by atoms with Gasteiger partial charge in [-0.1, -0.05) is 127 Å². The molecule has 84 heavy (non-hydrogen) atoms. The zero-order valence-corrected chi connectivity index (χ0v) is 61.2. The number of hydrogen-bond donors (Lipinski definition) is 5. The molecule has 1 aromatic rings. The molecule has 1 aromatic carbocycles. The number of ether oxygens (including phenoxy) is 6. The van der Waals surface area contributed by atoms with E-state index in [2.05, 4.69) is 93.3 Å². The number of ketones is 1. The molecule has 0 aliphatic heterocycles. The fourth-order valence-corrected chi connectivity index (χ4v) is 5.83. The summed E-state index contributed by atoms with van der Waals surface area (Å²) in [6, 6.07) is 9.49. The zero-order chi connectivity index (χ0) is 62.7. The third-order valence-corrected chi connectivity index (χ3v) is 10.2. The number of unbranched alkanes of at least 4 members (excludes halogenated alkanes) is 3. The molecular weight excluding hydrogens is 1220 g/mol. The SMILES string of the molecule is C.CC.CCCCOC.CCCCOCCCCC(=O)CCC(=O)NC1CC[CH-]CC1.CCCOCCC.CCCOCCNC(=O)c1ccccc1.CCNC(=O)CC.CCNC(=O)CCC(=O)NC.[CH2-]COCCC.[CH2-]OCCC.[Y].[Y]. The average molecular weight is 1350 g/mol. The monoisotopic (exact) mass is 1350 g/mol. The van der Waals surface area contributed by atoms with E-state index in [-0.39, 0.29) is 121 Å². The number of nitrogens with one attached hydrogen (secondary N) is 5. The van der Waals surface area contributed by atoms with Crippen LogP contribution in [0.4, 0.5) is 0 Å². The molecular formula is C65H130N5O12Y2-3. The van der Waals surface area contributed by atoms with Crippen molar-refractivity contribution in [2.45, 2.75) is 231 Å². The van der Waals surface area contributed by atoms with Crippen molar-refractivity contribution in [1.29, 1.82) is 0 Å². The van der Waals surface area contributed by atoms with Crippen LogP contribution in [0, 0.1) is 20.5 Å². The largest absolute Gasteiger partial charge is 0.555 e. The molecule has 0 unspecified atom stereocenters. The van der Waals surface area contributed by atoms with Gasteiger partial charge in [-0.15, -0.1) is 0 Å². The quantitative estimate of drug-likeness (QED) is 0.0313. The first-order chi connectivity index (χ1) is 39.2. The van der Waals surface area contributed by atoms with Gasteiger partial charge in [0.2, 0.25) is 23.6 Å². The molecule has 19 heteroatoms. The summed E-state index contributed by atoms with van der Waals surface area (Å²) in [5.41, 5.74) is 0.688. The Morgan fingerprint density at radius 3 is 1.42 bits per heavy atom. The van der Waals surface area contributed by atoms with Gasteiger partial charge in [-0.3, -0.25) is 28.8 Å². The van der Waals surface area contributed by atoms with E-state index >= 15 is 0 Å². The Morgan fingerprint density at radius 2 is 1.00 bits per heavy atom. The van der Waals surface area contributed by atoms with E-state index in [1.165, 1.54) is 12.8 Å². The number of rotatable bonds is 36. The van der Waals surface area contributed by atoms with E-state index in [1.54, 1.807) is 26.3 Å². The van der Waals surface area contributed by atoms with Gasteiger partial charge in [0, 0.05) is 202 Å². The maximum absolute atomic E-state index is 11.8. The Bertz CT molecular complexity index is 1400. The molecule has 1 saturated carbocycles. The van der Waals surface area contributed by atoms with E-state index in [0.717, 1.165) is 143 Å². The van der Waals surface area contributed by atoms with E-state index in [1.807, 2.05) is 59.7 Å². The van der Waals surface area contributed by atoms with Crippen LogP contribution < -0.4 is 26.6 Å². The van der Waals surface area contributed by atoms with Gasteiger partial charge in [-0.25, -0.2) is 7.11 Å². The second-order valence-corrected chi connectivity index (χ2v) is 17.8. The molecule has 0 bridgehead atoms. The predicted octanol–water partition coefficient (Wildman–Crippen LogP) is 13.0. The fraction of sp³-hybridized carbons (Fsp3) is 0.769. The van der Waals surface area contributed by atoms with Crippen LogP contribution in [0.2, 0.25) is 0 Å². The van der Waals surface area contributed by atoms with Crippen molar-refractivity contribution in [3.8, 4) is 0 Å². The van der Waals surface area contributed by atoms with Crippen LogP contribution in [-0.2, 0) is 118 Å². The molecule has 2 radical (unpaired) electrons. The molecule has 17 nitrogen and oxygen atoms in total. The summed E-state index contributed by atoms with van der Waals surface area (Å²) in [7, 11) is 6.46. The molecule has 496 valence electrons. The number of carbonyl (C=O) groups excluding carboxylic acids is 6. The number of methoxy groups -OCH3 is 1. The molecule has 1 fully saturated rings. The standard InChI is InChI=1S/C18H32NO3.C12H17NO2.C7H14N2O2.C6H14O.C5H11NO.C5H12O.C5H11O.C4H9O.C2H6.CH4.2Y/c1-2-3-14-22-15-8-7-11-17(20)12-13-18(21)19-16-9-5-4-6-10-16;1-2-9-15-10-8-13-12(14)11-6-4-3-5-7-11;1-3-9-7(11)5-4-6(10)8-2;1-3-5-7-6-4-2;1-3-5(7)6-4-2;1-3-4-5-6-2;1-3-5-6-4-2;1-3-4-5-2;1-2;;;/h4,16H,2-3,5-15H2,1H3,(H,19,21);3-7H,2,8-10H2,1H3,(H,13,14);3-5H2,1-2H3,(H,8,10)(H,9,11);3-6H2,1-2H3;3-4H2,1-2H3,(H,6,7);3-5H2,1-2H3;2-5H2,1H3;2-4H2,1H3;1-2H3;1H4;;/q-1;;;;;;2*-1;;;;. The minimum Gasteiger partial charge on any atom is -0.555 e. The van der Waals surface area contributed by atoms with Gasteiger partial charge >= 0.3 is 0 Å². The Morgan fingerprint density at radius 1 is 0.536 bits per heavy atom. The Kier molecular flexibility index (Phi) is 121. The molecule has 5 N–H and O–H groups in total. The van der Waals surface area contributed by atoms with E-state index in [4.69, 9.17) is 23.7 Å². The van der Waals surface area contributed by atoms with E-state index < -0.39 is 0 Å². The minimum absolute atomic E-state index is 0. The van der Waals surface area contributed by atoms with Crippen LogP contribution in [0.25, 0.3) is 0 Å². The molecule has 2 rings (SSSR count). The van der Waals surface area contributed by atoms with Crippen LogP contribution in [0.3, 0.4) is 0 Å². The molecule has 5 amide bonds. The van der Waals surface area contributed by atoms with Gasteiger partial charge < -0.3 is 68.3 Å². The maximum atomic E-state index is 11.8. The van der Waals surface area contributed by atoms with E-state index in [0.29, 0.717) is 63.6 Å². The van der Waals surface area contributed by atoms with Gasteiger partial charge in [0.25, 0.3) is 5.91 Å². The molecule has 1 aliphatic rings. The molecule has 0 atom stereocenters. The van der Waals surface area contributed by atoms with Gasteiger partial charge in [0.1, 0.15) is 5.78 Å². The first-order valence-corrected chi connectivity index (χ1v) is 30.9. The first kappa shape index (κ1) is 104. The van der Waals surface area contributed by atoms with Crippen LogP contribution in [0.5, 0.6) is 0 Å². The smallest absolute Gasteiger partial charge is 0.251 e. The summed E-state index contributed by atoms with van der Waals surface area (Å²) < 4.78 is 29.9. The number of amides is 5. The fourth-order valence-electron chi connectivity index (χ4n) is 5.83. The Hall–Kier alpha value is -1.79. The summed E-state index contributed by atoms with van der Waals surface area (Å²) in [5.74, 6) is 0.134. The van der Waals surface area contributed by atoms with Crippen LogP contribution in [0.15, 0.2) is 30.3 Å². The van der Waals surface area contributed by atoms with Crippen molar-refractivity contribution in [3.63, 3.8) is 0 Å². The van der Waals surface area contributed by atoms with Crippen molar-refractivity contribution in [2.24, 2.45) is 0 Å². The summed E-state index contributed by atoms with van der Waals surface area (Å²) in [4.78, 5) is 66.8. The Labute approximate surface area is 567 Å².